The molecule has 0 aromatic carbocycles. The van der Waals surface area contributed by atoms with E-state index >= 15 is 0 Å². The summed E-state index contributed by atoms with van der Waals surface area (Å²) in [5.41, 5.74) is 1.24. The van der Waals surface area contributed by atoms with Crippen LogP contribution in [0.25, 0.3) is 0 Å². The van der Waals surface area contributed by atoms with E-state index in [4.69, 9.17) is 0 Å². The Kier molecular flexibility index (Phi) is 3.40. The highest BCUT2D eigenvalue weighted by atomic mass is 32.2. The second kappa shape index (κ2) is 4.12. The van der Waals surface area contributed by atoms with Crippen molar-refractivity contribution in [1.82, 2.24) is 4.98 Å². The second-order valence-corrected chi connectivity index (χ2v) is 4.56. The van der Waals surface area contributed by atoms with Crippen molar-refractivity contribution in [3.8, 4) is 0 Å². The van der Waals surface area contributed by atoms with Crippen LogP contribution in [0, 0.1) is 0 Å². The maximum absolute atomic E-state index is 4.50. The van der Waals surface area contributed by atoms with Crippen molar-refractivity contribution in [2.45, 2.75) is 25.5 Å². The van der Waals surface area contributed by atoms with Crippen LogP contribution in [0.3, 0.4) is 0 Å². The second-order valence-electron chi connectivity index (χ2n) is 2.75. The molecule has 1 heterocycles. The van der Waals surface area contributed by atoms with E-state index < -0.39 is 0 Å². The van der Waals surface area contributed by atoms with Crippen LogP contribution in [0.15, 0.2) is 5.38 Å². The number of thioether (sulfide) groups is 1. The van der Waals surface area contributed by atoms with Crippen molar-refractivity contribution >= 4 is 23.1 Å². The number of hydrogen-bond donors (Lipinski definition) is 0. The van der Waals surface area contributed by atoms with Crippen LogP contribution in [-0.4, -0.2) is 11.2 Å². The largest absolute Gasteiger partial charge is 0.245 e. The Morgan fingerprint density at radius 2 is 2.36 bits per heavy atom. The highest BCUT2D eigenvalue weighted by Crippen LogP contribution is 2.20. The molecule has 0 saturated heterocycles. The molecule has 0 amide bonds. The number of rotatable bonds is 3. The molecule has 1 nitrogen and oxygen atoms in total. The Morgan fingerprint density at radius 3 is 2.82 bits per heavy atom. The first-order valence-corrected chi connectivity index (χ1v) is 5.94. The summed E-state index contributed by atoms with van der Waals surface area (Å²) in [6.07, 6.45) is 2.11. The molecule has 0 N–H and O–H groups in total. The normalized spacial score (nSPS) is 10.9. The van der Waals surface area contributed by atoms with E-state index in [-0.39, 0.29) is 0 Å². The lowest BCUT2D eigenvalue weighted by Gasteiger charge is -1.96. The number of nitrogens with zero attached hydrogens (tertiary/aromatic N) is 1. The average Bonchev–Trinajstić information content (AvgIpc) is 2.37. The van der Waals surface area contributed by atoms with Crippen LogP contribution in [0.5, 0.6) is 0 Å². The van der Waals surface area contributed by atoms with Crippen molar-refractivity contribution in [1.29, 1.82) is 0 Å². The predicted molar refractivity (Wildman–Crippen MR) is 53.4 cm³/mol. The van der Waals surface area contributed by atoms with Crippen molar-refractivity contribution < 1.29 is 0 Å². The molecule has 62 valence electrons. The van der Waals surface area contributed by atoms with Crippen LogP contribution >= 0.6 is 23.1 Å². The summed E-state index contributed by atoms with van der Waals surface area (Å²) in [4.78, 5) is 4.50. The maximum atomic E-state index is 4.50. The molecule has 0 atom stereocenters. The molecule has 0 aliphatic rings. The van der Waals surface area contributed by atoms with E-state index in [9.17, 15) is 0 Å². The molecule has 1 aromatic heterocycles. The Hall–Kier alpha value is -0.0200. The Morgan fingerprint density at radius 1 is 1.64 bits per heavy atom. The van der Waals surface area contributed by atoms with E-state index in [0.29, 0.717) is 5.92 Å². The summed E-state index contributed by atoms with van der Waals surface area (Å²) in [6.45, 7) is 4.36. The smallest absolute Gasteiger partial charge is 0.103 e. The van der Waals surface area contributed by atoms with E-state index in [1.807, 2.05) is 11.8 Å². The molecular formula is C8H13NS2. The minimum Gasteiger partial charge on any atom is -0.245 e. The van der Waals surface area contributed by atoms with Gasteiger partial charge in [0.25, 0.3) is 0 Å². The zero-order valence-corrected chi connectivity index (χ0v) is 8.76. The standard InChI is InChI=1S/C8H13NS2/c1-6(2)7-4-11-8(9-7)5-10-3/h4,6H,5H2,1-3H3. The number of thiazole rings is 1. The maximum Gasteiger partial charge on any atom is 0.103 e. The summed E-state index contributed by atoms with van der Waals surface area (Å²) in [6, 6.07) is 0. The molecule has 0 aliphatic carbocycles. The van der Waals surface area contributed by atoms with Gasteiger partial charge >= 0.3 is 0 Å². The van der Waals surface area contributed by atoms with Crippen molar-refractivity contribution in [3.05, 3.63) is 16.1 Å². The highest BCUT2D eigenvalue weighted by molar-refractivity contribution is 7.97. The minimum absolute atomic E-state index is 0.571. The lowest BCUT2D eigenvalue weighted by Crippen LogP contribution is -1.87. The molecule has 3 heteroatoms. The van der Waals surface area contributed by atoms with Gasteiger partial charge in [0.15, 0.2) is 0 Å². The van der Waals surface area contributed by atoms with Crippen LogP contribution < -0.4 is 0 Å². The topological polar surface area (TPSA) is 12.9 Å². The molecule has 0 unspecified atom stereocenters. The Balaban J connectivity index is 2.66. The Bertz CT molecular complexity index is 218. The summed E-state index contributed by atoms with van der Waals surface area (Å²) in [5, 5.41) is 3.41. The fraction of sp³-hybridized carbons (Fsp3) is 0.625. The molecule has 0 radical (unpaired) electrons. The number of aromatic nitrogens is 1. The summed E-state index contributed by atoms with van der Waals surface area (Å²) in [5.74, 6) is 1.62. The fourth-order valence-electron chi connectivity index (χ4n) is 0.780. The van der Waals surface area contributed by atoms with E-state index in [1.165, 1.54) is 10.7 Å². The average molecular weight is 187 g/mol. The van der Waals surface area contributed by atoms with Gasteiger partial charge in [-0.3, -0.25) is 0 Å². The van der Waals surface area contributed by atoms with Crippen molar-refractivity contribution in [3.63, 3.8) is 0 Å². The van der Waals surface area contributed by atoms with Gasteiger partial charge in [-0.25, -0.2) is 4.98 Å². The van der Waals surface area contributed by atoms with Gasteiger partial charge in [-0.05, 0) is 12.2 Å². The molecule has 0 saturated carbocycles. The number of hydrogen-bond acceptors (Lipinski definition) is 3. The first-order chi connectivity index (χ1) is 5.24. The molecule has 0 spiro atoms. The first-order valence-electron chi connectivity index (χ1n) is 3.67. The van der Waals surface area contributed by atoms with Gasteiger partial charge in [0.05, 0.1) is 5.69 Å². The fourth-order valence-corrected chi connectivity index (χ4v) is 2.46. The molecule has 0 aliphatic heterocycles. The van der Waals surface area contributed by atoms with Crippen LogP contribution in [-0.2, 0) is 5.75 Å². The third-order valence-electron chi connectivity index (χ3n) is 1.43. The monoisotopic (exact) mass is 187 g/mol. The van der Waals surface area contributed by atoms with Crippen LogP contribution in [0.1, 0.15) is 30.5 Å². The third kappa shape index (κ3) is 2.49. The van der Waals surface area contributed by atoms with Gasteiger partial charge in [0, 0.05) is 11.1 Å². The lowest BCUT2D eigenvalue weighted by molar-refractivity contribution is 0.828. The van der Waals surface area contributed by atoms with E-state index in [1.54, 1.807) is 11.3 Å². The van der Waals surface area contributed by atoms with E-state index in [0.717, 1.165) is 5.75 Å². The molecule has 11 heavy (non-hydrogen) atoms. The van der Waals surface area contributed by atoms with Crippen molar-refractivity contribution in [2.75, 3.05) is 6.26 Å². The summed E-state index contributed by atoms with van der Waals surface area (Å²) >= 11 is 3.60. The lowest BCUT2D eigenvalue weighted by atomic mass is 10.2. The van der Waals surface area contributed by atoms with E-state index in [2.05, 4.69) is 30.5 Å². The molecule has 0 fully saturated rings. The van der Waals surface area contributed by atoms with Crippen molar-refractivity contribution in [2.24, 2.45) is 0 Å². The van der Waals surface area contributed by atoms with Gasteiger partial charge in [-0.1, -0.05) is 13.8 Å². The zero-order valence-electron chi connectivity index (χ0n) is 7.13. The third-order valence-corrected chi connectivity index (χ3v) is 3.04. The summed E-state index contributed by atoms with van der Waals surface area (Å²) in [7, 11) is 0. The molecular weight excluding hydrogens is 174 g/mol. The quantitative estimate of drug-likeness (QED) is 0.721. The van der Waals surface area contributed by atoms with Gasteiger partial charge < -0.3 is 0 Å². The summed E-state index contributed by atoms with van der Waals surface area (Å²) < 4.78 is 0. The predicted octanol–water partition coefficient (Wildman–Crippen LogP) is 3.13. The zero-order chi connectivity index (χ0) is 8.27. The van der Waals surface area contributed by atoms with Crippen LogP contribution in [0.4, 0.5) is 0 Å². The molecule has 1 rings (SSSR count). The molecule has 1 aromatic rings. The minimum atomic E-state index is 0.571. The molecule has 0 bridgehead atoms. The van der Waals surface area contributed by atoms with Gasteiger partial charge in [-0.2, -0.15) is 11.8 Å². The Labute approximate surface area is 76.2 Å². The van der Waals surface area contributed by atoms with Gasteiger partial charge in [0.1, 0.15) is 5.01 Å². The SMILES string of the molecule is CSCc1nc(C(C)C)cs1. The highest BCUT2D eigenvalue weighted by Gasteiger charge is 2.03. The van der Waals surface area contributed by atoms with Gasteiger partial charge in [0.2, 0.25) is 0 Å². The van der Waals surface area contributed by atoms with Gasteiger partial charge in [-0.15, -0.1) is 11.3 Å². The first kappa shape index (κ1) is 9.07. The van der Waals surface area contributed by atoms with Crippen LogP contribution in [0.2, 0.25) is 0 Å².